The van der Waals surface area contributed by atoms with Gasteiger partial charge in [0.2, 0.25) is 0 Å². The smallest absolute Gasteiger partial charge is 0.368 e. The molecule has 1 aliphatic rings. The zero-order chi connectivity index (χ0) is 25.2. The van der Waals surface area contributed by atoms with Gasteiger partial charge in [-0.3, -0.25) is 9.89 Å². The lowest BCUT2D eigenvalue weighted by molar-refractivity contribution is -0.137. The second-order valence-corrected chi connectivity index (χ2v) is 9.38. The second kappa shape index (κ2) is 10.3. The first-order valence-corrected chi connectivity index (χ1v) is 11.7. The number of aromatic amines is 1. The molecule has 1 fully saturated rings. The number of nitrogens with one attached hydrogen (secondary N) is 3. The Kier molecular flexibility index (Phi) is 7.35. The van der Waals surface area contributed by atoms with E-state index in [1.54, 1.807) is 12.1 Å². The van der Waals surface area contributed by atoms with Crippen LogP contribution in [0.15, 0.2) is 48.5 Å². The van der Waals surface area contributed by atoms with E-state index < -0.39 is 17.6 Å². The zero-order valence-corrected chi connectivity index (χ0v) is 19.7. The number of carbonyl (C=O) groups excluding carboxylic acids is 1. The SMILES string of the molecule is C[C@H]1C[C@@H](NC(=O)c2cc(C(F)(F)F)ccc2Cl)CC[C@@H]1CNc1cc(-c2ccc(F)cc2)[nH]n1. The van der Waals surface area contributed by atoms with Crippen molar-refractivity contribution in [3.8, 4) is 11.3 Å². The number of amides is 1. The van der Waals surface area contributed by atoms with Crippen molar-refractivity contribution in [2.45, 2.75) is 38.4 Å². The van der Waals surface area contributed by atoms with Crippen LogP contribution in [0.1, 0.15) is 42.1 Å². The fourth-order valence-corrected chi connectivity index (χ4v) is 4.66. The molecule has 1 amide bonds. The quantitative estimate of drug-likeness (QED) is 0.331. The average molecular weight is 509 g/mol. The molecule has 0 unspecified atom stereocenters. The number of halogens is 5. The van der Waals surface area contributed by atoms with Crippen molar-refractivity contribution < 1.29 is 22.4 Å². The molecule has 0 spiro atoms. The predicted octanol–water partition coefficient (Wildman–Crippen LogP) is 6.53. The molecule has 0 saturated heterocycles. The van der Waals surface area contributed by atoms with E-state index >= 15 is 0 Å². The van der Waals surface area contributed by atoms with E-state index in [1.807, 2.05) is 6.07 Å². The van der Waals surface area contributed by atoms with Crippen molar-refractivity contribution in [1.82, 2.24) is 15.5 Å². The molecule has 1 saturated carbocycles. The van der Waals surface area contributed by atoms with Crippen molar-refractivity contribution in [3.63, 3.8) is 0 Å². The zero-order valence-electron chi connectivity index (χ0n) is 18.9. The lowest BCUT2D eigenvalue weighted by Crippen LogP contribution is -2.41. The average Bonchev–Trinajstić information content (AvgIpc) is 3.27. The van der Waals surface area contributed by atoms with Gasteiger partial charge >= 0.3 is 6.18 Å². The Labute approximate surface area is 205 Å². The first kappa shape index (κ1) is 25.0. The molecule has 0 radical (unpaired) electrons. The third-order valence-corrected chi connectivity index (χ3v) is 6.83. The molecule has 2 aromatic carbocycles. The van der Waals surface area contributed by atoms with Crippen molar-refractivity contribution in [1.29, 1.82) is 0 Å². The highest BCUT2D eigenvalue weighted by atomic mass is 35.5. The van der Waals surface area contributed by atoms with Crippen LogP contribution in [-0.4, -0.2) is 28.7 Å². The van der Waals surface area contributed by atoms with E-state index in [0.717, 1.165) is 35.9 Å². The van der Waals surface area contributed by atoms with Crippen molar-refractivity contribution in [2.75, 3.05) is 11.9 Å². The highest BCUT2D eigenvalue weighted by molar-refractivity contribution is 6.33. The van der Waals surface area contributed by atoms with Gasteiger partial charge in [0.05, 0.1) is 21.8 Å². The standard InChI is InChI=1S/C25H25ClF4N4O/c1-14-10-19(32-24(35)20-11-17(25(28,29)30)5-9-21(20)26)8-4-16(14)13-31-23-12-22(33-34-23)15-2-6-18(27)7-3-15/h2-3,5-7,9,11-12,14,16,19H,4,8,10,13H2,1H3,(H,32,35)(H2,31,33,34)/t14-,16+,19-/m0/s1. The molecule has 3 aromatic rings. The van der Waals surface area contributed by atoms with Crippen LogP contribution in [-0.2, 0) is 6.18 Å². The third kappa shape index (κ3) is 6.14. The van der Waals surface area contributed by atoms with Crippen LogP contribution in [0, 0.1) is 17.7 Å². The van der Waals surface area contributed by atoms with Gasteiger partial charge in [0.15, 0.2) is 0 Å². The molecule has 0 bridgehead atoms. The molecule has 4 rings (SSSR count). The Morgan fingerprint density at radius 2 is 1.89 bits per heavy atom. The fraction of sp³-hybridized carbons (Fsp3) is 0.360. The maximum Gasteiger partial charge on any atom is 0.416 e. The van der Waals surface area contributed by atoms with Gasteiger partial charge in [-0.2, -0.15) is 18.3 Å². The number of hydrogen-bond donors (Lipinski definition) is 3. The van der Waals surface area contributed by atoms with Crippen LogP contribution >= 0.6 is 11.6 Å². The minimum absolute atomic E-state index is 0.0135. The summed E-state index contributed by atoms with van der Waals surface area (Å²) in [5, 5.41) is 13.4. The number of rotatable bonds is 6. The normalized spacial score (nSPS) is 20.5. The highest BCUT2D eigenvalue weighted by Crippen LogP contribution is 2.33. The molecule has 186 valence electrons. The number of carbonyl (C=O) groups is 1. The Bertz CT molecular complexity index is 1180. The summed E-state index contributed by atoms with van der Waals surface area (Å²) in [5.41, 5.74) is 0.530. The van der Waals surface area contributed by atoms with Crippen molar-refractivity contribution in [2.24, 2.45) is 11.8 Å². The molecule has 1 aliphatic carbocycles. The summed E-state index contributed by atoms with van der Waals surface area (Å²) < 4.78 is 52.2. The van der Waals surface area contributed by atoms with Gasteiger partial charge in [0, 0.05) is 18.7 Å². The first-order valence-electron chi connectivity index (χ1n) is 11.3. The van der Waals surface area contributed by atoms with Crippen LogP contribution in [0.4, 0.5) is 23.4 Å². The van der Waals surface area contributed by atoms with Gasteiger partial charge in [-0.1, -0.05) is 18.5 Å². The molecule has 35 heavy (non-hydrogen) atoms. The summed E-state index contributed by atoms with van der Waals surface area (Å²) in [6.07, 6.45) is -2.30. The summed E-state index contributed by atoms with van der Waals surface area (Å²) in [4.78, 5) is 12.6. The van der Waals surface area contributed by atoms with Gasteiger partial charge in [-0.05, 0) is 79.1 Å². The Balaban J connectivity index is 1.30. The van der Waals surface area contributed by atoms with E-state index in [-0.39, 0.29) is 28.4 Å². The lowest BCUT2D eigenvalue weighted by atomic mass is 9.78. The molecule has 1 aromatic heterocycles. The maximum atomic E-state index is 13.1. The van der Waals surface area contributed by atoms with Gasteiger partial charge in [-0.25, -0.2) is 4.39 Å². The Morgan fingerprint density at radius 1 is 1.14 bits per heavy atom. The van der Waals surface area contributed by atoms with Crippen LogP contribution < -0.4 is 10.6 Å². The fourth-order valence-electron chi connectivity index (χ4n) is 4.46. The molecule has 0 aliphatic heterocycles. The number of H-pyrrole nitrogens is 1. The molecule has 3 atom stereocenters. The van der Waals surface area contributed by atoms with Gasteiger partial charge in [0.25, 0.3) is 5.91 Å². The van der Waals surface area contributed by atoms with E-state index in [9.17, 15) is 22.4 Å². The summed E-state index contributed by atoms with van der Waals surface area (Å²) in [6, 6.07) is 10.6. The Morgan fingerprint density at radius 3 is 2.57 bits per heavy atom. The topological polar surface area (TPSA) is 69.8 Å². The van der Waals surface area contributed by atoms with E-state index in [2.05, 4.69) is 27.8 Å². The Hall–Kier alpha value is -3.07. The molecule has 5 nitrogen and oxygen atoms in total. The lowest BCUT2D eigenvalue weighted by Gasteiger charge is -2.34. The van der Waals surface area contributed by atoms with E-state index in [1.165, 1.54) is 12.1 Å². The van der Waals surface area contributed by atoms with Crippen LogP contribution in [0.25, 0.3) is 11.3 Å². The van der Waals surface area contributed by atoms with Crippen molar-refractivity contribution in [3.05, 3.63) is 70.5 Å². The van der Waals surface area contributed by atoms with Crippen LogP contribution in [0.2, 0.25) is 5.02 Å². The van der Waals surface area contributed by atoms with Gasteiger partial charge < -0.3 is 10.6 Å². The minimum atomic E-state index is -4.55. The molecular weight excluding hydrogens is 484 g/mol. The van der Waals surface area contributed by atoms with Gasteiger partial charge in [-0.15, -0.1) is 0 Å². The third-order valence-electron chi connectivity index (χ3n) is 6.50. The summed E-state index contributed by atoms with van der Waals surface area (Å²) in [6.45, 7) is 2.78. The monoisotopic (exact) mass is 508 g/mol. The summed E-state index contributed by atoms with van der Waals surface area (Å²) in [5.74, 6) is 0.400. The largest absolute Gasteiger partial charge is 0.416 e. The van der Waals surface area contributed by atoms with Crippen molar-refractivity contribution >= 4 is 23.3 Å². The number of alkyl halides is 3. The first-order chi connectivity index (χ1) is 16.6. The number of hydrogen-bond acceptors (Lipinski definition) is 3. The van der Waals surface area contributed by atoms with E-state index in [4.69, 9.17) is 11.6 Å². The maximum absolute atomic E-state index is 13.1. The number of anilines is 1. The predicted molar refractivity (Wildman–Crippen MR) is 127 cm³/mol. The number of benzene rings is 2. The minimum Gasteiger partial charge on any atom is -0.368 e. The molecular formula is C25H25ClF4N4O. The summed E-state index contributed by atoms with van der Waals surface area (Å²) in [7, 11) is 0. The van der Waals surface area contributed by atoms with Crippen LogP contribution in [0.5, 0.6) is 0 Å². The number of nitrogens with zero attached hydrogens (tertiary/aromatic N) is 1. The van der Waals surface area contributed by atoms with Gasteiger partial charge in [0.1, 0.15) is 11.6 Å². The van der Waals surface area contributed by atoms with E-state index in [0.29, 0.717) is 31.1 Å². The molecule has 10 heteroatoms. The molecule has 3 N–H and O–H groups in total. The molecule has 1 heterocycles. The number of aromatic nitrogens is 2. The van der Waals surface area contributed by atoms with Crippen LogP contribution in [0.3, 0.4) is 0 Å². The summed E-state index contributed by atoms with van der Waals surface area (Å²) >= 11 is 6.00. The highest BCUT2D eigenvalue weighted by Gasteiger charge is 2.33. The second-order valence-electron chi connectivity index (χ2n) is 8.97.